The number of amides is 1. The molecule has 12 heavy (non-hydrogen) atoms. The Morgan fingerprint density at radius 1 is 1.50 bits per heavy atom. The number of nitrogens with one attached hydrogen (secondary N) is 1. The lowest BCUT2D eigenvalue weighted by molar-refractivity contribution is 0.0165. The third-order valence-electron chi connectivity index (χ3n) is 1.05. The summed E-state index contributed by atoms with van der Waals surface area (Å²) < 4.78 is 4.86. The van der Waals surface area contributed by atoms with Crippen molar-refractivity contribution in [1.82, 2.24) is 5.32 Å². The van der Waals surface area contributed by atoms with Crippen LogP contribution >= 0.6 is 0 Å². The van der Waals surface area contributed by atoms with Crippen LogP contribution in [-0.4, -0.2) is 17.9 Å². The van der Waals surface area contributed by atoms with Crippen LogP contribution in [0.3, 0.4) is 0 Å². The Labute approximate surface area is 72.9 Å². The van der Waals surface area contributed by atoms with Gasteiger partial charge in [0.2, 0.25) is 0 Å². The van der Waals surface area contributed by atoms with Gasteiger partial charge in [0.1, 0.15) is 5.60 Å². The van der Waals surface area contributed by atoms with Crippen LogP contribution in [0.15, 0.2) is 0 Å². The van der Waals surface area contributed by atoms with Crippen molar-refractivity contribution in [2.24, 2.45) is 0 Å². The first-order chi connectivity index (χ1) is 5.35. The van der Waals surface area contributed by atoms with Crippen molar-refractivity contribution in [3.63, 3.8) is 0 Å². The van der Waals surface area contributed by atoms with Crippen LogP contribution in [0.5, 0.6) is 0 Å². The lowest BCUT2D eigenvalue weighted by Gasteiger charge is -2.20. The Balaban J connectivity index is 3.75. The van der Waals surface area contributed by atoms with Crippen LogP contribution in [0.25, 0.3) is 0 Å². The molecule has 1 unspecified atom stereocenters. The summed E-state index contributed by atoms with van der Waals surface area (Å²) in [6.07, 6.45) is -1.36. The number of carbonyl (C=O) groups excluding carboxylic acids is 1. The molecule has 4 nitrogen and oxygen atoms in total. The van der Waals surface area contributed by atoms with Gasteiger partial charge in [-0.25, -0.2) is 9.90 Å². The van der Waals surface area contributed by atoms with E-state index in [1.54, 1.807) is 27.7 Å². The Kier molecular flexibility index (Phi) is 4.03. The van der Waals surface area contributed by atoms with Crippen LogP contribution in [0, 0.1) is 0 Å². The van der Waals surface area contributed by atoms with Gasteiger partial charge in [0.25, 0.3) is 0 Å². The van der Waals surface area contributed by atoms with E-state index in [2.05, 4.69) is 5.32 Å². The highest BCUT2D eigenvalue weighted by atomic mass is 16.6. The van der Waals surface area contributed by atoms with Gasteiger partial charge in [0, 0.05) is 0 Å². The van der Waals surface area contributed by atoms with E-state index >= 15 is 0 Å². The molecule has 4 heteroatoms. The molecule has 0 saturated heterocycles. The monoisotopic (exact) mass is 174 g/mol. The van der Waals surface area contributed by atoms with Gasteiger partial charge in [-0.1, -0.05) is 6.92 Å². The van der Waals surface area contributed by atoms with E-state index in [1.165, 1.54) is 0 Å². The summed E-state index contributed by atoms with van der Waals surface area (Å²) in [5.74, 6) is 0. The first kappa shape index (κ1) is 11.2. The van der Waals surface area contributed by atoms with Crippen molar-refractivity contribution in [2.75, 3.05) is 0 Å². The van der Waals surface area contributed by atoms with E-state index in [9.17, 15) is 9.90 Å². The largest absolute Gasteiger partial charge is 0.444 e. The van der Waals surface area contributed by atoms with Gasteiger partial charge in [-0.2, -0.15) is 0 Å². The van der Waals surface area contributed by atoms with Crippen molar-refractivity contribution in [3.8, 4) is 0 Å². The summed E-state index contributed by atoms with van der Waals surface area (Å²) in [6.45, 7) is 6.95. The molecular weight excluding hydrogens is 158 g/mol. The molecule has 1 atom stereocenters. The zero-order valence-corrected chi connectivity index (χ0v) is 8.01. The van der Waals surface area contributed by atoms with Crippen LogP contribution in [0.1, 0.15) is 34.1 Å². The first-order valence-electron chi connectivity index (χ1n) is 4.00. The maximum Gasteiger partial charge on any atom is 0.409 e. The van der Waals surface area contributed by atoms with E-state index < -0.39 is 17.9 Å². The van der Waals surface area contributed by atoms with Gasteiger partial charge < -0.3 is 4.74 Å². The number of hydrogen-bond acceptors (Lipinski definition) is 2. The van der Waals surface area contributed by atoms with Crippen molar-refractivity contribution in [1.29, 1.82) is 0 Å². The highest BCUT2D eigenvalue weighted by Crippen LogP contribution is 2.06. The standard InChI is InChI=1S/C8H16NO3/c1-5-6(10)9-7(11)12-8(2,3)4/h6H,5H2,1-4H3,(H,9,11). The predicted molar refractivity (Wildman–Crippen MR) is 44.1 cm³/mol. The van der Waals surface area contributed by atoms with Crippen molar-refractivity contribution >= 4 is 6.09 Å². The fourth-order valence-electron chi connectivity index (χ4n) is 0.541. The Morgan fingerprint density at radius 2 is 2.00 bits per heavy atom. The Hall–Kier alpha value is -0.770. The molecule has 0 aliphatic rings. The van der Waals surface area contributed by atoms with Gasteiger partial charge >= 0.3 is 6.09 Å². The minimum absolute atomic E-state index is 0.360. The number of alkyl carbamates (subject to hydrolysis) is 1. The third kappa shape index (κ3) is 5.97. The molecule has 0 rings (SSSR count). The average molecular weight is 174 g/mol. The highest BCUT2D eigenvalue weighted by molar-refractivity contribution is 5.67. The molecular formula is C8H16NO3. The maximum absolute atomic E-state index is 10.9. The molecule has 1 amide bonds. The highest BCUT2D eigenvalue weighted by Gasteiger charge is 2.17. The van der Waals surface area contributed by atoms with Crippen molar-refractivity contribution in [2.45, 2.75) is 45.9 Å². The minimum atomic E-state index is -1.07. The minimum Gasteiger partial charge on any atom is -0.444 e. The lowest BCUT2D eigenvalue weighted by atomic mass is 10.2. The first-order valence-corrected chi connectivity index (χ1v) is 4.00. The molecule has 0 aliphatic carbocycles. The molecule has 0 heterocycles. The second-order valence-electron chi connectivity index (χ2n) is 3.54. The van der Waals surface area contributed by atoms with Gasteiger partial charge in [0.15, 0.2) is 6.23 Å². The Morgan fingerprint density at radius 3 is 2.33 bits per heavy atom. The fourth-order valence-corrected chi connectivity index (χ4v) is 0.541. The van der Waals surface area contributed by atoms with Crippen molar-refractivity contribution < 1.29 is 14.6 Å². The molecule has 71 valence electrons. The predicted octanol–water partition coefficient (Wildman–Crippen LogP) is 1.68. The molecule has 1 radical (unpaired) electrons. The van der Waals surface area contributed by atoms with Crippen LogP contribution in [-0.2, 0) is 9.84 Å². The van der Waals surface area contributed by atoms with Crippen molar-refractivity contribution in [3.05, 3.63) is 0 Å². The summed E-state index contributed by atoms with van der Waals surface area (Å²) in [4.78, 5) is 10.9. The molecule has 0 bridgehead atoms. The summed E-state index contributed by atoms with van der Waals surface area (Å²) in [6, 6.07) is 0. The number of ether oxygens (including phenoxy) is 1. The summed E-state index contributed by atoms with van der Waals surface area (Å²) in [5, 5.41) is 12.9. The smallest absolute Gasteiger partial charge is 0.409 e. The lowest BCUT2D eigenvalue weighted by Crippen LogP contribution is -2.38. The number of rotatable bonds is 2. The molecule has 0 aromatic carbocycles. The molecule has 0 aromatic heterocycles. The summed E-state index contributed by atoms with van der Waals surface area (Å²) in [7, 11) is 0. The molecule has 1 N–H and O–H groups in total. The van der Waals surface area contributed by atoms with E-state index in [4.69, 9.17) is 4.74 Å². The van der Waals surface area contributed by atoms with Crippen LogP contribution < -0.4 is 5.32 Å². The molecule has 0 saturated carbocycles. The zero-order valence-electron chi connectivity index (χ0n) is 8.01. The van der Waals surface area contributed by atoms with Gasteiger partial charge in [-0.15, -0.1) is 0 Å². The summed E-state index contributed by atoms with van der Waals surface area (Å²) >= 11 is 0. The fraction of sp³-hybridized carbons (Fsp3) is 0.875. The van der Waals surface area contributed by atoms with Crippen LogP contribution in [0.2, 0.25) is 0 Å². The van der Waals surface area contributed by atoms with Gasteiger partial charge in [-0.05, 0) is 27.2 Å². The average Bonchev–Trinajstić information content (AvgIpc) is 1.82. The number of carbonyl (C=O) groups is 1. The molecule has 0 aromatic rings. The van der Waals surface area contributed by atoms with E-state index in [-0.39, 0.29) is 0 Å². The number of hydrogen-bond donors (Lipinski definition) is 1. The normalized spacial score (nSPS) is 13.8. The quantitative estimate of drug-likeness (QED) is 0.647. The molecule has 0 spiro atoms. The van der Waals surface area contributed by atoms with E-state index in [0.29, 0.717) is 6.42 Å². The zero-order chi connectivity index (χ0) is 9.78. The molecule has 0 aliphatic heterocycles. The second kappa shape index (κ2) is 4.30. The van der Waals surface area contributed by atoms with Crippen LogP contribution in [0.4, 0.5) is 4.79 Å². The van der Waals surface area contributed by atoms with E-state index in [0.717, 1.165) is 0 Å². The van der Waals surface area contributed by atoms with Gasteiger partial charge in [-0.3, -0.25) is 5.32 Å². The maximum atomic E-state index is 10.9. The SMILES string of the molecule is CCC([O])NC(=O)OC(C)(C)C. The molecule has 0 fully saturated rings. The van der Waals surface area contributed by atoms with Gasteiger partial charge in [0.05, 0.1) is 0 Å². The second-order valence-corrected chi connectivity index (χ2v) is 3.54. The van der Waals surface area contributed by atoms with E-state index in [1.807, 2.05) is 0 Å². The third-order valence-corrected chi connectivity index (χ3v) is 1.05. The summed E-state index contributed by atoms with van der Waals surface area (Å²) in [5.41, 5.74) is -0.544. The Bertz CT molecular complexity index is 151. The topological polar surface area (TPSA) is 58.2 Å².